The Morgan fingerprint density at radius 2 is 2.29 bits per heavy atom. The normalized spacial score (nSPS) is 21.8. The SMILES string of the molecule is CCOC(=O)[C@@H]1CCCC[NH+]1Cc1cccc([N+](=O)[O-])c1. The lowest BCUT2D eigenvalue weighted by molar-refractivity contribution is -0.935. The van der Waals surface area contributed by atoms with Gasteiger partial charge in [-0.15, -0.1) is 0 Å². The Kier molecular flexibility index (Phi) is 5.27. The molecule has 1 heterocycles. The van der Waals surface area contributed by atoms with Gasteiger partial charge in [0.15, 0.2) is 6.04 Å². The Morgan fingerprint density at radius 3 is 3.00 bits per heavy atom. The number of likely N-dealkylation sites (tertiary alicyclic amines) is 1. The lowest BCUT2D eigenvalue weighted by Gasteiger charge is -2.30. The van der Waals surface area contributed by atoms with E-state index < -0.39 is 4.92 Å². The number of nitro benzene ring substituents is 1. The van der Waals surface area contributed by atoms with Crippen molar-refractivity contribution in [1.29, 1.82) is 0 Å². The maximum Gasteiger partial charge on any atom is 0.364 e. The highest BCUT2D eigenvalue weighted by Crippen LogP contribution is 2.13. The minimum absolute atomic E-state index is 0.0941. The molecule has 0 aromatic heterocycles. The summed E-state index contributed by atoms with van der Waals surface area (Å²) >= 11 is 0. The van der Waals surface area contributed by atoms with Crippen molar-refractivity contribution in [3.05, 3.63) is 39.9 Å². The van der Waals surface area contributed by atoms with Crippen LogP contribution in [0.4, 0.5) is 5.69 Å². The lowest BCUT2D eigenvalue weighted by atomic mass is 10.0. The molecule has 1 aromatic carbocycles. The first-order chi connectivity index (χ1) is 10.1. The number of esters is 1. The van der Waals surface area contributed by atoms with Crippen LogP contribution in [0.1, 0.15) is 31.7 Å². The molecule has 0 radical (unpaired) electrons. The van der Waals surface area contributed by atoms with E-state index in [-0.39, 0.29) is 17.7 Å². The molecule has 0 saturated carbocycles. The molecule has 1 unspecified atom stereocenters. The molecule has 1 saturated heterocycles. The first kappa shape index (κ1) is 15.4. The van der Waals surface area contributed by atoms with Crippen LogP contribution in [0.2, 0.25) is 0 Å². The Labute approximate surface area is 123 Å². The van der Waals surface area contributed by atoms with Gasteiger partial charge in [-0.25, -0.2) is 4.79 Å². The summed E-state index contributed by atoms with van der Waals surface area (Å²) < 4.78 is 5.14. The van der Waals surface area contributed by atoms with Gasteiger partial charge in [-0.1, -0.05) is 12.1 Å². The minimum atomic E-state index is -0.391. The van der Waals surface area contributed by atoms with Gasteiger partial charge < -0.3 is 9.64 Å². The van der Waals surface area contributed by atoms with Crippen molar-refractivity contribution in [2.24, 2.45) is 0 Å². The van der Waals surface area contributed by atoms with Crippen LogP contribution in [0.3, 0.4) is 0 Å². The first-order valence-corrected chi connectivity index (χ1v) is 7.36. The maximum absolute atomic E-state index is 12.0. The lowest BCUT2D eigenvalue weighted by Crippen LogP contribution is -3.16. The minimum Gasteiger partial charge on any atom is -0.462 e. The van der Waals surface area contributed by atoms with Gasteiger partial charge in [0.05, 0.1) is 18.1 Å². The van der Waals surface area contributed by atoms with Gasteiger partial charge in [-0.05, 0) is 19.8 Å². The Hall–Kier alpha value is -1.95. The number of piperidine rings is 1. The van der Waals surface area contributed by atoms with Crippen LogP contribution >= 0.6 is 0 Å². The van der Waals surface area contributed by atoms with Gasteiger partial charge in [0.2, 0.25) is 0 Å². The molecule has 1 N–H and O–H groups in total. The van der Waals surface area contributed by atoms with Crippen molar-refractivity contribution in [2.45, 2.75) is 38.8 Å². The van der Waals surface area contributed by atoms with Crippen LogP contribution in [0.25, 0.3) is 0 Å². The van der Waals surface area contributed by atoms with Gasteiger partial charge in [-0.3, -0.25) is 10.1 Å². The second-order valence-electron chi connectivity index (χ2n) is 5.31. The van der Waals surface area contributed by atoms with E-state index >= 15 is 0 Å². The molecule has 0 spiro atoms. The van der Waals surface area contributed by atoms with E-state index in [1.165, 1.54) is 6.07 Å². The summed E-state index contributed by atoms with van der Waals surface area (Å²) in [5.74, 6) is -0.155. The monoisotopic (exact) mass is 293 g/mol. The summed E-state index contributed by atoms with van der Waals surface area (Å²) in [5.41, 5.74) is 0.979. The standard InChI is InChI=1S/C15H20N2O4/c1-2-21-15(18)14-8-3-4-9-16(14)11-12-6-5-7-13(10-12)17(19)20/h5-7,10,14H,2-4,8-9,11H2,1H3/p+1/t14-/m0/s1. The van der Waals surface area contributed by atoms with Gasteiger partial charge in [-0.2, -0.15) is 0 Å². The number of hydrogen-bond donors (Lipinski definition) is 1. The molecule has 0 amide bonds. The molecule has 2 rings (SSSR count). The van der Waals surface area contributed by atoms with E-state index in [1.807, 2.05) is 6.07 Å². The summed E-state index contributed by atoms with van der Waals surface area (Å²) in [6.45, 7) is 3.71. The smallest absolute Gasteiger partial charge is 0.364 e. The van der Waals surface area contributed by atoms with Crippen LogP contribution < -0.4 is 4.90 Å². The number of non-ortho nitro benzene ring substituents is 1. The van der Waals surface area contributed by atoms with E-state index in [2.05, 4.69) is 0 Å². The highest BCUT2D eigenvalue weighted by atomic mass is 16.6. The van der Waals surface area contributed by atoms with Crippen molar-refractivity contribution in [1.82, 2.24) is 0 Å². The molecule has 114 valence electrons. The molecule has 0 aliphatic carbocycles. The van der Waals surface area contributed by atoms with Crippen LogP contribution in [0.15, 0.2) is 24.3 Å². The second kappa shape index (κ2) is 7.17. The zero-order valence-corrected chi connectivity index (χ0v) is 12.2. The van der Waals surface area contributed by atoms with Crippen LogP contribution in [0.5, 0.6) is 0 Å². The Balaban J connectivity index is 2.10. The summed E-state index contributed by atoms with van der Waals surface area (Å²) in [6, 6.07) is 6.48. The molecule has 21 heavy (non-hydrogen) atoms. The van der Waals surface area contributed by atoms with E-state index in [1.54, 1.807) is 19.1 Å². The highest BCUT2D eigenvalue weighted by molar-refractivity contribution is 5.74. The number of carbonyl (C=O) groups is 1. The molecular weight excluding hydrogens is 272 g/mol. The Morgan fingerprint density at radius 1 is 1.48 bits per heavy atom. The predicted molar refractivity (Wildman–Crippen MR) is 76.9 cm³/mol. The average molecular weight is 293 g/mol. The largest absolute Gasteiger partial charge is 0.462 e. The maximum atomic E-state index is 12.0. The van der Waals surface area contributed by atoms with Crippen LogP contribution in [0, 0.1) is 10.1 Å². The van der Waals surface area contributed by atoms with E-state index in [0.717, 1.165) is 36.3 Å². The van der Waals surface area contributed by atoms with Crippen molar-refractivity contribution < 1.29 is 19.4 Å². The van der Waals surface area contributed by atoms with Crippen molar-refractivity contribution in [3.63, 3.8) is 0 Å². The highest BCUT2D eigenvalue weighted by Gasteiger charge is 2.33. The molecule has 6 heteroatoms. The topological polar surface area (TPSA) is 73.9 Å². The number of carbonyl (C=O) groups excluding carboxylic acids is 1. The van der Waals surface area contributed by atoms with E-state index in [4.69, 9.17) is 4.74 Å². The Bertz CT molecular complexity index is 518. The fourth-order valence-electron chi connectivity index (χ4n) is 2.86. The summed E-state index contributed by atoms with van der Waals surface area (Å²) in [6.07, 6.45) is 2.92. The number of ether oxygens (including phenoxy) is 1. The quantitative estimate of drug-likeness (QED) is 0.501. The number of nitrogens with zero attached hydrogens (tertiary/aromatic N) is 1. The average Bonchev–Trinajstić information content (AvgIpc) is 2.48. The number of nitrogens with one attached hydrogen (secondary N) is 1. The first-order valence-electron chi connectivity index (χ1n) is 7.36. The van der Waals surface area contributed by atoms with Crippen molar-refractivity contribution >= 4 is 11.7 Å². The van der Waals surface area contributed by atoms with Gasteiger partial charge in [0, 0.05) is 24.1 Å². The third-order valence-electron chi connectivity index (χ3n) is 3.86. The molecule has 1 aliphatic heterocycles. The number of benzene rings is 1. The number of hydrogen-bond acceptors (Lipinski definition) is 4. The van der Waals surface area contributed by atoms with Crippen LogP contribution in [-0.4, -0.2) is 30.1 Å². The number of rotatable bonds is 5. The summed E-state index contributed by atoms with van der Waals surface area (Å²) in [7, 11) is 0. The number of nitro groups is 1. The molecule has 1 aromatic rings. The third-order valence-corrected chi connectivity index (χ3v) is 3.86. The molecule has 2 atom stereocenters. The van der Waals surface area contributed by atoms with Crippen LogP contribution in [-0.2, 0) is 16.1 Å². The molecule has 0 bridgehead atoms. The molecule has 1 aliphatic rings. The fraction of sp³-hybridized carbons (Fsp3) is 0.533. The van der Waals surface area contributed by atoms with E-state index in [0.29, 0.717) is 13.2 Å². The van der Waals surface area contributed by atoms with Crippen molar-refractivity contribution in [2.75, 3.05) is 13.2 Å². The zero-order valence-electron chi connectivity index (χ0n) is 12.2. The van der Waals surface area contributed by atoms with Gasteiger partial charge in [0.25, 0.3) is 5.69 Å². The molecular formula is C15H21N2O4+. The van der Waals surface area contributed by atoms with Gasteiger partial charge in [0.1, 0.15) is 6.54 Å². The summed E-state index contributed by atoms with van der Waals surface area (Å²) in [5, 5.41) is 10.8. The summed E-state index contributed by atoms with van der Waals surface area (Å²) in [4.78, 5) is 23.6. The van der Waals surface area contributed by atoms with Crippen molar-refractivity contribution in [3.8, 4) is 0 Å². The van der Waals surface area contributed by atoms with E-state index in [9.17, 15) is 14.9 Å². The fourth-order valence-corrected chi connectivity index (χ4v) is 2.86. The number of quaternary nitrogens is 1. The zero-order chi connectivity index (χ0) is 15.2. The predicted octanol–water partition coefficient (Wildman–Crippen LogP) is 1.10. The van der Waals surface area contributed by atoms with Gasteiger partial charge >= 0.3 is 5.97 Å². The third kappa shape index (κ3) is 4.01. The molecule has 1 fully saturated rings. The second-order valence-corrected chi connectivity index (χ2v) is 5.31. The molecule has 6 nitrogen and oxygen atoms in total.